The molecule has 2 aromatic carbocycles. The van der Waals surface area contributed by atoms with E-state index in [0.717, 1.165) is 15.7 Å². The Morgan fingerprint density at radius 1 is 1.10 bits per heavy atom. The Bertz CT molecular complexity index is 656. The lowest BCUT2D eigenvalue weighted by molar-refractivity contribution is -0.114. The highest BCUT2D eigenvalue weighted by Crippen LogP contribution is 2.22. The van der Waals surface area contributed by atoms with E-state index in [-0.39, 0.29) is 12.5 Å². The summed E-state index contributed by atoms with van der Waals surface area (Å²) >= 11 is 15.2. The molecule has 110 valence electrons. The SMILES string of the molecule is Cc1cc(NCC(=O)Nc2cc(Cl)cc(Cl)c2)ccc1Br. The summed E-state index contributed by atoms with van der Waals surface area (Å²) < 4.78 is 1.03. The second kappa shape index (κ2) is 7.16. The van der Waals surface area contributed by atoms with Gasteiger partial charge in [0.05, 0.1) is 6.54 Å². The number of anilines is 2. The van der Waals surface area contributed by atoms with E-state index >= 15 is 0 Å². The monoisotopic (exact) mass is 386 g/mol. The normalized spacial score (nSPS) is 10.3. The molecule has 0 unspecified atom stereocenters. The molecule has 21 heavy (non-hydrogen) atoms. The molecule has 0 atom stereocenters. The van der Waals surface area contributed by atoms with Gasteiger partial charge in [-0.05, 0) is 48.9 Å². The van der Waals surface area contributed by atoms with Crippen molar-refractivity contribution < 1.29 is 4.79 Å². The van der Waals surface area contributed by atoms with Crippen LogP contribution in [0.3, 0.4) is 0 Å². The van der Waals surface area contributed by atoms with Crippen LogP contribution in [0.25, 0.3) is 0 Å². The van der Waals surface area contributed by atoms with Gasteiger partial charge in [-0.3, -0.25) is 4.79 Å². The van der Waals surface area contributed by atoms with Crippen molar-refractivity contribution in [2.45, 2.75) is 6.92 Å². The van der Waals surface area contributed by atoms with E-state index < -0.39 is 0 Å². The average molecular weight is 388 g/mol. The number of amides is 1. The first-order valence-corrected chi connectivity index (χ1v) is 7.75. The van der Waals surface area contributed by atoms with E-state index in [1.807, 2.05) is 25.1 Å². The van der Waals surface area contributed by atoms with Crippen LogP contribution in [0.5, 0.6) is 0 Å². The Kier molecular flexibility index (Phi) is 5.51. The lowest BCUT2D eigenvalue weighted by Gasteiger charge is -2.09. The molecule has 2 aromatic rings. The van der Waals surface area contributed by atoms with Crippen molar-refractivity contribution in [1.82, 2.24) is 0 Å². The van der Waals surface area contributed by atoms with E-state index in [9.17, 15) is 4.79 Å². The van der Waals surface area contributed by atoms with Crippen LogP contribution in [0.4, 0.5) is 11.4 Å². The number of carbonyl (C=O) groups excluding carboxylic acids is 1. The molecule has 2 N–H and O–H groups in total. The van der Waals surface area contributed by atoms with E-state index in [0.29, 0.717) is 15.7 Å². The molecule has 0 aliphatic heterocycles. The van der Waals surface area contributed by atoms with Crippen molar-refractivity contribution in [3.05, 3.63) is 56.5 Å². The van der Waals surface area contributed by atoms with Crippen LogP contribution in [-0.4, -0.2) is 12.5 Å². The molecule has 1 amide bonds. The molecule has 0 saturated heterocycles. The standard InChI is InChI=1S/C15H13BrCl2N2O/c1-9-4-12(2-3-14(9)16)19-8-15(21)20-13-6-10(17)5-11(18)7-13/h2-7,19H,8H2,1H3,(H,20,21). The van der Waals surface area contributed by atoms with Gasteiger partial charge in [-0.25, -0.2) is 0 Å². The highest BCUT2D eigenvalue weighted by atomic mass is 79.9. The molecule has 0 aliphatic rings. The minimum atomic E-state index is -0.172. The van der Waals surface area contributed by atoms with E-state index in [2.05, 4.69) is 26.6 Å². The Morgan fingerprint density at radius 2 is 1.76 bits per heavy atom. The molecular weight excluding hydrogens is 375 g/mol. The molecule has 0 radical (unpaired) electrons. The first-order valence-electron chi connectivity index (χ1n) is 6.20. The molecule has 0 saturated carbocycles. The molecule has 0 bridgehead atoms. The largest absolute Gasteiger partial charge is 0.376 e. The number of hydrogen-bond donors (Lipinski definition) is 2. The molecule has 0 fully saturated rings. The van der Waals surface area contributed by atoms with Gasteiger partial charge in [-0.2, -0.15) is 0 Å². The van der Waals surface area contributed by atoms with Crippen LogP contribution in [-0.2, 0) is 4.79 Å². The van der Waals surface area contributed by atoms with Crippen LogP contribution in [0.15, 0.2) is 40.9 Å². The second-order valence-corrected chi connectivity index (χ2v) is 6.25. The first-order chi connectivity index (χ1) is 9.94. The third-order valence-corrected chi connectivity index (χ3v) is 4.08. The highest BCUT2D eigenvalue weighted by molar-refractivity contribution is 9.10. The molecule has 6 heteroatoms. The first kappa shape index (κ1) is 16.1. The van der Waals surface area contributed by atoms with Crippen LogP contribution in [0, 0.1) is 6.92 Å². The Labute approximate surface area is 141 Å². The van der Waals surface area contributed by atoms with Gasteiger partial charge in [-0.1, -0.05) is 39.1 Å². The van der Waals surface area contributed by atoms with Crippen LogP contribution >= 0.6 is 39.1 Å². The smallest absolute Gasteiger partial charge is 0.243 e. The zero-order valence-electron chi connectivity index (χ0n) is 11.2. The van der Waals surface area contributed by atoms with Gasteiger partial charge in [0, 0.05) is 25.9 Å². The maximum absolute atomic E-state index is 11.9. The van der Waals surface area contributed by atoms with Gasteiger partial charge in [-0.15, -0.1) is 0 Å². The van der Waals surface area contributed by atoms with Gasteiger partial charge in [0.25, 0.3) is 0 Å². The summed E-state index contributed by atoms with van der Waals surface area (Å²) in [5.74, 6) is -0.172. The highest BCUT2D eigenvalue weighted by Gasteiger charge is 2.05. The van der Waals surface area contributed by atoms with Gasteiger partial charge < -0.3 is 10.6 Å². The number of hydrogen-bond acceptors (Lipinski definition) is 2. The third-order valence-electron chi connectivity index (χ3n) is 2.76. The summed E-state index contributed by atoms with van der Waals surface area (Å²) in [4.78, 5) is 11.9. The molecule has 0 aliphatic carbocycles. The van der Waals surface area contributed by atoms with Crippen molar-refractivity contribution in [2.24, 2.45) is 0 Å². The van der Waals surface area contributed by atoms with Gasteiger partial charge >= 0.3 is 0 Å². The van der Waals surface area contributed by atoms with Crippen molar-refractivity contribution >= 4 is 56.4 Å². The maximum Gasteiger partial charge on any atom is 0.243 e. The Hall–Kier alpha value is -1.23. The Balaban J connectivity index is 1.94. The lowest BCUT2D eigenvalue weighted by Crippen LogP contribution is -2.21. The number of halogens is 3. The number of nitrogens with one attached hydrogen (secondary N) is 2. The number of aryl methyl sites for hydroxylation is 1. The molecular formula is C15H13BrCl2N2O. The molecule has 2 rings (SSSR count). The fraction of sp³-hybridized carbons (Fsp3) is 0.133. The van der Waals surface area contributed by atoms with Gasteiger partial charge in [0.1, 0.15) is 0 Å². The molecule has 0 heterocycles. The average Bonchev–Trinajstić information content (AvgIpc) is 2.39. The van der Waals surface area contributed by atoms with E-state index in [4.69, 9.17) is 23.2 Å². The van der Waals surface area contributed by atoms with Gasteiger partial charge in [0.15, 0.2) is 0 Å². The summed E-state index contributed by atoms with van der Waals surface area (Å²) in [6.07, 6.45) is 0. The van der Waals surface area contributed by atoms with Crippen LogP contribution in [0.2, 0.25) is 10.0 Å². The van der Waals surface area contributed by atoms with Crippen LogP contribution < -0.4 is 10.6 Å². The zero-order chi connectivity index (χ0) is 15.4. The number of carbonyl (C=O) groups is 1. The molecule has 0 aromatic heterocycles. The third kappa shape index (κ3) is 4.92. The molecule has 0 spiro atoms. The lowest BCUT2D eigenvalue weighted by atomic mass is 10.2. The molecule has 3 nitrogen and oxygen atoms in total. The zero-order valence-corrected chi connectivity index (χ0v) is 14.3. The fourth-order valence-electron chi connectivity index (χ4n) is 1.77. The van der Waals surface area contributed by atoms with Crippen LogP contribution in [0.1, 0.15) is 5.56 Å². The summed E-state index contributed by atoms with van der Waals surface area (Å²) in [5.41, 5.74) is 2.56. The fourth-order valence-corrected chi connectivity index (χ4v) is 2.54. The maximum atomic E-state index is 11.9. The van der Waals surface area contributed by atoms with E-state index in [1.165, 1.54) is 0 Å². The van der Waals surface area contributed by atoms with Gasteiger partial charge in [0.2, 0.25) is 5.91 Å². The summed E-state index contributed by atoms with van der Waals surface area (Å²) in [6.45, 7) is 2.15. The predicted octanol–water partition coefficient (Wildman–Crippen LogP) is 5.11. The topological polar surface area (TPSA) is 41.1 Å². The van der Waals surface area contributed by atoms with E-state index in [1.54, 1.807) is 18.2 Å². The van der Waals surface area contributed by atoms with Crippen molar-refractivity contribution in [1.29, 1.82) is 0 Å². The number of benzene rings is 2. The van der Waals surface area contributed by atoms with Crippen molar-refractivity contribution in [3.63, 3.8) is 0 Å². The summed E-state index contributed by atoms with van der Waals surface area (Å²) in [5, 5.41) is 6.76. The van der Waals surface area contributed by atoms with Crippen molar-refractivity contribution in [3.8, 4) is 0 Å². The minimum absolute atomic E-state index is 0.158. The number of rotatable bonds is 4. The van der Waals surface area contributed by atoms with Crippen molar-refractivity contribution in [2.75, 3.05) is 17.2 Å². The quantitative estimate of drug-likeness (QED) is 0.764. The second-order valence-electron chi connectivity index (χ2n) is 4.52. The predicted molar refractivity (Wildman–Crippen MR) is 92.5 cm³/mol. The summed E-state index contributed by atoms with van der Waals surface area (Å²) in [7, 11) is 0. The minimum Gasteiger partial charge on any atom is -0.376 e. The summed E-state index contributed by atoms with van der Waals surface area (Å²) in [6, 6.07) is 10.7. The Morgan fingerprint density at radius 3 is 2.38 bits per heavy atom.